The van der Waals surface area contributed by atoms with Gasteiger partial charge in [-0.2, -0.15) is 0 Å². The molecule has 0 saturated heterocycles. The van der Waals surface area contributed by atoms with Gasteiger partial charge in [-0.25, -0.2) is 0 Å². The predicted octanol–water partition coefficient (Wildman–Crippen LogP) is 3.24. The number of hydrogen-bond acceptors (Lipinski definition) is 4. The summed E-state index contributed by atoms with van der Waals surface area (Å²) in [6, 6.07) is 18.8. The summed E-state index contributed by atoms with van der Waals surface area (Å²) in [6.07, 6.45) is 0.463. The molecular weight excluding hydrogens is 362 g/mol. The maximum atomic E-state index is 13.1. The Hall–Kier alpha value is -2.60. The normalized spacial score (nSPS) is 11.6. The van der Waals surface area contributed by atoms with Crippen LogP contribution in [0, 0.1) is 5.92 Å². The number of benzene rings is 2. The standard InChI is InChI=1S/C21H23NO4S/c1-16(23)27-15-19(12-17-8-4-2-5-9-17)21(26)22(14-20(24)25)13-18-10-6-3-7-11-18/h2-11,19H,12-15H2,1H3,(H,24,25)/t19-/m1/s1. The van der Waals surface area contributed by atoms with E-state index in [1.54, 1.807) is 0 Å². The smallest absolute Gasteiger partial charge is 0.323 e. The minimum atomic E-state index is -1.06. The molecular formula is C21H23NO4S. The van der Waals surface area contributed by atoms with Gasteiger partial charge in [0.1, 0.15) is 6.54 Å². The molecule has 1 atom stereocenters. The van der Waals surface area contributed by atoms with E-state index in [1.807, 2.05) is 60.7 Å². The van der Waals surface area contributed by atoms with Crippen LogP contribution in [0.25, 0.3) is 0 Å². The SMILES string of the molecule is CC(=O)SC[C@@H](Cc1ccccc1)C(=O)N(CC(=O)O)Cc1ccccc1. The molecule has 0 aliphatic heterocycles. The molecule has 0 aliphatic rings. The van der Waals surface area contributed by atoms with Crippen LogP contribution in [0.3, 0.4) is 0 Å². The molecule has 0 bridgehead atoms. The van der Waals surface area contributed by atoms with E-state index in [0.29, 0.717) is 12.2 Å². The third-order valence-corrected chi connectivity index (χ3v) is 4.99. The molecule has 0 aliphatic carbocycles. The van der Waals surface area contributed by atoms with Crippen molar-refractivity contribution in [3.05, 3.63) is 71.8 Å². The Kier molecular flexibility index (Phi) is 8.07. The first-order chi connectivity index (χ1) is 13.0. The summed E-state index contributed by atoms with van der Waals surface area (Å²) in [5, 5.41) is 9.19. The molecule has 0 unspecified atom stereocenters. The van der Waals surface area contributed by atoms with Gasteiger partial charge in [-0.15, -0.1) is 0 Å². The number of carboxylic acids is 1. The van der Waals surface area contributed by atoms with Crippen molar-refractivity contribution in [3.8, 4) is 0 Å². The highest BCUT2D eigenvalue weighted by Crippen LogP contribution is 2.19. The van der Waals surface area contributed by atoms with Gasteiger partial charge in [-0.3, -0.25) is 14.4 Å². The molecule has 0 heterocycles. The molecule has 0 spiro atoms. The van der Waals surface area contributed by atoms with Gasteiger partial charge in [0.25, 0.3) is 0 Å². The Labute approximate surface area is 163 Å². The largest absolute Gasteiger partial charge is 0.480 e. The lowest BCUT2D eigenvalue weighted by Gasteiger charge is -2.26. The van der Waals surface area contributed by atoms with Gasteiger partial charge in [-0.1, -0.05) is 72.4 Å². The minimum absolute atomic E-state index is 0.0614. The van der Waals surface area contributed by atoms with E-state index in [2.05, 4.69) is 0 Å². The lowest BCUT2D eigenvalue weighted by Crippen LogP contribution is -2.40. The van der Waals surface area contributed by atoms with E-state index in [-0.39, 0.29) is 24.1 Å². The first-order valence-electron chi connectivity index (χ1n) is 8.67. The second-order valence-corrected chi connectivity index (χ2v) is 7.46. The van der Waals surface area contributed by atoms with Gasteiger partial charge >= 0.3 is 5.97 Å². The number of nitrogens with zero attached hydrogens (tertiary/aromatic N) is 1. The van der Waals surface area contributed by atoms with E-state index in [9.17, 15) is 19.5 Å². The van der Waals surface area contributed by atoms with Crippen molar-refractivity contribution in [2.45, 2.75) is 19.9 Å². The minimum Gasteiger partial charge on any atom is -0.480 e. The van der Waals surface area contributed by atoms with Crippen LogP contribution >= 0.6 is 11.8 Å². The third-order valence-electron chi connectivity index (χ3n) is 4.02. The molecule has 2 rings (SSSR count). The number of aliphatic carboxylic acids is 1. The van der Waals surface area contributed by atoms with Gasteiger partial charge < -0.3 is 10.0 Å². The Morgan fingerprint density at radius 3 is 2.04 bits per heavy atom. The molecule has 1 amide bonds. The summed E-state index contributed by atoms with van der Waals surface area (Å²) in [5.41, 5.74) is 1.85. The fraction of sp³-hybridized carbons (Fsp3) is 0.286. The Bertz CT molecular complexity index is 764. The van der Waals surface area contributed by atoms with E-state index < -0.39 is 11.9 Å². The maximum absolute atomic E-state index is 13.1. The summed E-state index contributed by atoms with van der Waals surface area (Å²) in [5.74, 6) is -1.45. The third kappa shape index (κ3) is 7.27. The second-order valence-electron chi connectivity index (χ2n) is 6.26. The van der Waals surface area contributed by atoms with Crippen LogP contribution in [0.1, 0.15) is 18.1 Å². The summed E-state index contributed by atoms with van der Waals surface area (Å²) < 4.78 is 0. The van der Waals surface area contributed by atoms with Crippen molar-refractivity contribution in [2.75, 3.05) is 12.3 Å². The average Bonchev–Trinajstić information content (AvgIpc) is 2.65. The number of thioether (sulfide) groups is 1. The highest BCUT2D eigenvalue weighted by Gasteiger charge is 2.27. The van der Waals surface area contributed by atoms with Crippen LogP contribution in [0.15, 0.2) is 60.7 Å². The summed E-state index contributed by atoms with van der Waals surface area (Å²) in [6.45, 7) is 1.32. The van der Waals surface area contributed by atoms with Crippen LogP contribution in [0.5, 0.6) is 0 Å². The van der Waals surface area contributed by atoms with E-state index in [0.717, 1.165) is 22.9 Å². The molecule has 1 N–H and O–H groups in total. The van der Waals surface area contributed by atoms with Crippen LogP contribution < -0.4 is 0 Å². The van der Waals surface area contributed by atoms with E-state index in [1.165, 1.54) is 11.8 Å². The number of rotatable bonds is 9. The van der Waals surface area contributed by atoms with Gasteiger partial charge in [-0.05, 0) is 17.5 Å². The number of carboxylic acid groups (broad SMARTS) is 1. The van der Waals surface area contributed by atoms with Gasteiger partial charge in [0, 0.05) is 19.2 Å². The molecule has 6 heteroatoms. The molecule has 0 fully saturated rings. The van der Waals surface area contributed by atoms with E-state index >= 15 is 0 Å². The van der Waals surface area contributed by atoms with Crippen molar-refractivity contribution >= 4 is 28.8 Å². The number of amides is 1. The molecule has 142 valence electrons. The van der Waals surface area contributed by atoms with Crippen molar-refractivity contribution in [1.82, 2.24) is 4.90 Å². The molecule has 2 aromatic carbocycles. The Morgan fingerprint density at radius 1 is 0.963 bits per heavy atom. The first kappa shape index (κ1) is 20.7. The zero-order valence-electron chi connectivity index (χ0n) is 15.2. The monoisotopic (exact) mass is 385 g/mol. The van der Waals surface area contributed by atoms with Crippen LogP contribution in [-0.4, -0.2) is 39.3 Å². The zero-order valence-corrected chi connectivity index (χ0v) is 16.0. The lowest BCUT2D eigenvalue weighted by molar-refractivity contribution is -0.146. The van der Waals surface area contributed by atoms with Gasteiger partial charge in [0.2, 0.25) is 5.91 Å². The van der Waals surface area contributed by atoms with Crippen LogP contribution in [0.4, 0.5) is 0 Å². The highest BCUT2D eigenvalue weighted by atomic mass is 32.2. The Balaban J connectivity index is 2.20. The van der Waals surface area contributed by atoms with Crippen molar-refractivity contribution < 1.29 is 19.5 Å². The molecule has 2 aromatic rings. The van der Waals surface area contributed by atoms with Crippen molar-refractivity contribution in [3.63, 3.8) is 0 Å². The van der Waals surface area contributed by atoms with Crippen LogP contribution in [-0.2, 0) is 27.3 Å². The summed E-state index contributed by atoms with van der Waals surface area (Å²) in [4.78, 5) is 37.2. The second kappa shape index (κ2) is 10.5. The molecule has 5 nitrogen and oxygen atoms in total. The quantitative estimate of drug-likeness (QED) is 0.717. The fourth-order valence-electron chi connectivity index (χ4n) is 2.77. The molecule has 27 heavy (non-hydrogen) atoms. The number of carbonyl (C=O) groups excluding carboxylic acids is 2. The van der Waals surface area contributed by atoms with Gasteiger partial charge in [0.15, 0.2) is 5.12 Å². The van der Waals surface area contributed by atoms with E-state index in [4.69, 9.17) is 0 Å². The van der Waals surface area contributed by atoms with Gasteiger partial charge in [0.05, 0.1) is 5.92 Å². The lowest BCUT2D eigenvalue weighted by atomic mass is 9.99. The Morgan fingerprint density at radius 2 is 1.52 bits per heavy atom. The maximum Gasteiger partial charge on any atom is 0.323 e. The fourth-order valence-corrected chi connectivity index (χ4v) is 3.47. The summed E-state index contributed by atoms with van der Waals surface area (Å²) in [7, 11) is 0. The average molecular weight is 385 g/mol. The zero-order chi connectivity index (χ0) is 19.6. The molecule has 0 saturated carbocycles. The topological polar surface area (TPSA) is 74.7 Å². The van der Waals surface area contributed by atoms with Crippen LogP contribution in [0.2, 0.25) is 0 Å². The van der Waals surface area contributed by atoms with Crippen molar-refractivity contribution in [1.29, 1.82) is 0 Å². The van der Waals surface area contributed by atoms with Crippen molar-refractivity contribution in [2.24, 2.45) is 5.92 Å². The predicted molar refractivity (Wildman–Crippen MR) is 106 cm³/mol. The summed E-state index contributed by atoms with van der Waals surface area (Å²) >= 11 is 1.10. The highest BCUT2D eigenvalue weighted by molar-refractivity contribution is 8.13. The first-order valence-corrected chi connectivity index (χ1v) is 9.66. The number of carbonyl (C=O) groups is 3. The number of hydrogen-bond donors (Lipinski definition) is 1. The molecule has 0 aromatic heterocycles. The molecule has 0 radical (unpaired) electrons.